The number of nitrogens with zero attached hydrogens (tertiary/aromatic N) is 1. The van der Waals surface area contributed by atoms with E-state index in [1.54, 1.807) is 12.3 Å². The van der Waals surface area contributed by atoms with Gasteiger partial charge in [-0.05, 0) is 47.4 Å². The third-order valence-electron chi connectivity index (χ3n) is 3.26. The molecule has 1 saturated heterocycles. The minimum Gasteiger partial charge on any atom is -0.356 e. The summed E-state index contributed by atoms with van der Waals surface area (Å²) < 4.78 is 0.903. The molecule has 94 valence electrons. The molecule has 1 unspecified atom stereocenters. The Kier molecular flexibility index (Phi) is 4.23. The fourth-order valence-corrected chi connectivity index (χ4v) is 2.54. The van der Waals surface area contributed by atoms with Crippen LogP contribution in [0.2, 0.25) is 0 Å². The van der Waals surface area contributed by atoms with E-state index in [9.17, 15) is 4.79 Å². The van der Waals surface area contributed by atoms with Crippen molar-refractivity contribution in [3.8, 4) is 0 Å². The molecule has 1 atom stereocenters. The number of rotatable bonds is 4. The lowest BCUT2D eigenvalue weighted by molar-refractivity contribution is 0.0943. The van der Waals surface area contributed by atoms with Gasteiger partial charge in [0.1, 0.15) is 5.69 Å². The molecule has 1 aliphatic heterocycles. The van der Waals surface area contributed by atoms with Crippen LogP contribution in [0.3, 0.4) is 0 Å². The van der Waals surface area contributed by atoms with Crippen LogP contribution in [-0.2, 0) is 0 Å². The lowest BCUT2D eigenvalue weighted by Gasteiger charge is -2.13. The zero-order valence-corrected chi connectivity index (χ0v) is 11.6. The summed E-state index contributed by atoms with van der Waals surface area (Å²) in [6, 6.07) is 1.79. The summed E-state index contributed by atoms with van der Waals surface area (Å²) in [5.41, 5.74) is 0.613. The van der Waals surface area contributed by atoms with Gasteiger partial charge in [0.05, 0.1) is 0 Å². The number of carbonyl (C=O) groups excluding carboxylic acids is 1. The molecular weight excluding hydrogens is 282 g/mol. The molecule has 4 nitrogen and oxygen atoms in total. The van der Waals surface area contributed by atoms with E-state index in [1.165, 1.54) is 6.42 Å². The Morgan fingerprint density at radius 1 is 1.71 bits per heavy atom. The summed E-state index contributed by atoms with van der Waals surface area (Å²) in [6.07, 6.45) is 2.95. The van der Waals surface area contributed by atoms with Crippen LogP contribution in [0.15, 0.2) is 16.7 Å². The van der Waals surface area contributed by atoms with Crippen LogP contribution in [0.1, 0.15) is 23.8 Å². The first-order valence-electron chi connectivity index (χ1n) is 6.03. The lowest BCUT2D eigenvalue weighted by Crippen LogP contribution is -2.31. The highest BCUT2D eigenvalue weighted by Gasteiger charge is 2.21. The Hall–Kier alpha value is -0.810. The van der Waals surface area contributed by atoms with E-state index in [4.69, 9.17) is 0 Å². The second-order valence-electron chi connectivity index (χ2n) is 4.49. The molecule has 2 heterocycles. The number of halogens is 1. The van der Waals surface area contributed by atoms with Crippen molar-refractivity contribution in [2.24, 2.45) is 5.92 Å². The molecule has 0 aromatic carbocycles. The van der Waals surface area contributed by atoms with Crippen molar-refractivity contribution in [2.75, 3.05) is 26.2 Å². The normalized spacial score (nSPS) is 20.7. The van der Waals surface area contributed by atoms with Gasteiger partial charge in [0, 0.05) is 23.8 Å². The zero-order chi connectivity index (χ0) is 12.3. The molecule has 1 amide bonds. The number of H-pyrrole nitrogens is 1. The zero-order valence-electron chi connectivity index (χ0n) is 10.0. The second kappa shape index (κ2) is 5.69. The van der Waals surface area contributed by atoms with E-state index >= 15 is 0 Å². The average Bonchev–Trinajstić information content (AvgIpc) is 2.94. The lowest BCUT2D eigenvalue weighted by atomic mass is 10.1. The monoisotopic (exact) mass is 299 g/mol. The maximum Gasteiger partial charge on any atom is 0.267 e. The number of nitrogens with one attached hydrogen (secondary N) is 2. The Bertz CT molecular complexity index is 391. The molecular formula is C12H18BrN3O. The van der Waals surface area contributed by atoms with Crippen molar-refractivity contribution in [3.05, 3.63) is 22.4 Å². The highest BCUT2D eigenvalue weighted by Crippen LogP contribution is 2.15. The first-order chi connectivity index (χ1) is 8.19. The van der Waals surface area contributed by atoms with Crippen molar-refractivity contribution in [3.63, 3.8) is 0 Å². The summed E-state index contributed by atoms with van der Waals surface area (Å²) >= 11 is 3.32. The maximum absolute atomic E-state index is 11.8. The van der Waals surface area contributed by atoms with Crippen molar-refractivity contribution < 1.29 is 4.79 Å². The number of hydrogen-bond acceptors (Lipinski definition) is 2. The molecule has 0 spiro atoms. The van der Waals surface area contributed by atoms with Gasteiger partial charge in [0.2, 0.25) is 0 Å². The summed E-state index contributed by atoms with van der Waals surface area (Å²) in [5, 5.41) is 2.98. The predicted octanol–water partition coefficient (Wildman–Crippen LogP) is 1.85. The third kappa shape index (κ3) is 3.33. The number of carbonyl (C=O) groups is 1. The summed E-state index contributed by atoms with van der Waals surface area (Å²) in [7, 11) is 0. The minimum absolute atomic E-state index is 0.0225. The highest BCUT2D eigenvalue weighted by atomic mass is 79.9. The quantitative estimate of drug-likeness (QED) is 0.891. The largest absolute Gasteiger partial charge is 0.356 e. The Morgan fingerprint density at radius 2 is 2.53 bits per heavy atom. The van der Waals surface area contributed by atoms with Gasteiger partial charge in [0.25, 0.3) is 5.91 Å². The van der Waals surface area contributed by atoms with Gasteiger partial charge in [-0.3, -0.25) is 4.79 Å². The van der Waals surface area contributed by atoms with Gasteiger partial charge in [-0.15, -0.1) is 0 Å². The van der Waals surface area contributed by atoms with Crippen LogP contribution in [-0.4, -0.2) is 42.0 Å². The molecule has 1 aromatic heterocycles. The van der Waals surface area contributed by atoms with Crippen molar-refractivity contribution in [2.45, 2.75) is 13.3 Å². The molecule has 0 radical (unpaired) electrons. The molecule has 1 fully saturated rings. The van der Waals surface area contributed by atoms with Crippen LogP contribution in [0.5, 0.6) is 0 Å². The Morgan fingerprint density at radius 3 is 3.12 bits per heavy atom. The van der Waals surface area contributed by atoms with Gasteiger partial charge in [-0.25, -0.2) is 0 Å². The summed E-state index contributed by atoms with van der Waals surface area (Å²) in [4.78, 5) is 17.1. The van der Waals surface area contributed by atoms with Crippen molar-refractivity contribution in [1.29, 1.82) is 0 Å². The fourth-order valence-electron chi connectivity index (χ4n) is 2.20. The molecule has 2 rings (SSSR count). The topological polar surface area (TPSA) is 48.1 Å². The van der Waals surface area contributed by atoms with Crippen LogP contribution < -0.4 is 5.32 Å². The number of hydrogen-bond donors (Lipinski definition) is 2. The van der Waals surface area contributed by atoms with E-state index in [-0.39, 0.29) is 5.91 Å². The molecule has 0 bridgehead atoms. The summed E-state index contributed by atoms with van der Waals surface area (Å²) in [5.74, 6) is 0.572. The molecule has 1 aliphatic rings. The smallest absolute Gasteiger partial charge is 0.267 e. The standard InChI is InChI=1S/C12H18BrN3O/c1-2-16-4-3-9(8-16)6-15-12(17)11-5-10(13)7-14-11/h5,7,9,14H,2-4,6,8H2,1H3,(H,15,17). The molecule has 2 N–H and O–H groups in total. The van der Waals surface area contributed by atoms with E-state index in [0.717, 1.165) is 30.7 Å². The minimum atomic E-state index is -0.0225. The van der Waals surface area contributed by atoms with Crippen molar-refractivity contribution in [1.82, 2.24) is 15.2 Å². The van der Waals surface area contributed by atoms with Crippen LogP contribution in [0.25, 0.3) is 0 Å². The first-order valence-corrected chi connectivity index (χ1v) is 6.82. The van der Waals surface area contributed by atoms with E-state index in [1.807, 2.05) is 0 Å². The van der Waals surface area contributed by atoms with Gasteiger partial charge >= 0.3 is 0 Å². The van der Waals surface area contributed by atoms with Gasteiger partial charge in [-0.2, -0.15) is 0 Å². The van der Waals surface area contributed by atoms with Crippen LogP contribution in [0, 0.1) is 5.92 Å². The van der Waals surface area contributed by atoms with E-state index < -0.39 is 0 Å². The first kappa shape index (κ1) is 12.6. The van der Waals surface area contributed by atoms with Crippen molar-refractivity contribution >= 4 is 21.8 Å². The summed E-state index contributed by atoms with van der Waals surface area (Å²) in [6.45, 7) is 6.31. The maximum atomic E-state index is 11.8. The van der Waals surface area contributed by atoms with E-state index in [2.05, 4.69) is 38.1 Å². The molecule has 0 saturated carbocycles. The molecule has 0 aliphatic carbocycles. The van der Waals surface area contributed by atoms with Gasteiger partial charge < -0.3 is 15.2 Å². The predicted molar refractivity (Wildman–Crippen MR) is 71.0 cm³/mol. The molecule has 5 heteroatoms. The fraction of sp³-hybridized carbons (Fsp3) is 0.583. The second-order valence-corrected chi connectivity index (χ2v) is 5.41. The number of likely N-dealkylation sites (tertiary alicyclic amines) is 1. The van der Waals surface area contributed by atoms with Gasteiger partial charge in [0.15, 0.2) is 0 Å². The SMILES string of the molecule is CCN1CCC(CNC(=O)c2cc(Br)c[nH]2)C1. The number of aromatic amines is 1. The number of amides is 1. The third-order valence-corrected chi connectivity index (χ3v) is 3.72. The molecule has 17 heavy (non-hydrogen) atoms. The van der Waals surface area contributed by atoms with Crippen LogP contribution in [0.4, 0.5) is 0 Å². The Labute approximate surface area is 110 Å². The van der Waals surface area contributed by atoms with Crippen LogP contribution >= 0.6 is 15.9 Å². The highest BCUT2D eigenvalue weighted by molar-refractivity contribution is 9.10. The Balaban J connectivity index is 1.77. The average molecular weight is 300 g/mol. The van der Waals surface area contributed by atoms with Gasteiger partial charge in [-0.1, -0.05) is 6.92 Å². The number of aromatic nitrogens is 1. The molecule has 1 aromatic rings. The van der Waals surface area contributed by atoms with E-state index in [0.29, 0.717) is 11.6 Å².